The topological polar surface area (TPSA) is 49.4 Å². The maximum absolute atomic E-state index is 12.5. The number of rotatable bonds is 5. The summed E-state index contributed by atoms with van der Waals surface area (Å²) in [6, 6.07) is 7.62. The Hall–Kier alpha value is -0.620. The lowest BCUT2D eigenvalue weighted by atomic mass is 9.99. The number of likely N-dealkylation sites (N-methyl/N-ethyl adjacent to an activating group) is 1. The highest BCUT2D eigenvalue weighted by molar-refractivity contribution is 7.89. The first kappa shape index (κ1) is 18.4. The van der Waals surface area contributed by atoms with Crippen LogP contribution in [0.4, 0.5) is 0 Å². The van der Waals surface area contributed by atoms with Crippen molar-refractivity contribution in [2.45, 2.75) is 43.5 Å². The van der Waals surface area contributed by atoms with Gasteiger partial charge in [0.1, 0.15) is 0 Å². The Labute approximate surface area is 134 Å². The van der Waals surface area contributed by atoms with Crippen molar-refractivity contribution in [3.8, 4) is 0 Å². The molecule has 1 aliphatic heterocycles. The van der Waals surface area contributed by atoms with Crippen molar-refractivity contribution >= 4 is 22.4 Å². The van der Waals surface area contributed by atoms with Gasteiger partial charge in [-0.3, -0.25) is 0 Å². The minimum Gasteiger partial charge on any atom is -0.316 e. The Morgan fingerprint density at radius 1 is 1.33 bits per heavy atom. The fourth-order valence-corrected chi connectivity index (χ4v) is 4.04. The SMILES string of the molecule is CCC(C)c1ccc(S(=O)(=O)N2CCC(NC)C2)cc1.Cl. The molecular formula is C15H25ClN2O2S. The van der Waals surface area contributed by atoms with Crippen LogP contribution in [0, 0.1) is 0 Å². The van der Waals surface area contributed by atoms with E-state index < -0.39 is 10.0 Å². The molecule has 0 spiro atoms. The Morgan fingerprint density at radius 2 is 1.95 bits per heavy atom. The fourth-order valence-electron chi connectivity index (χ4n) is 2.54. The van der Waals surface area contributed by atoms with E-state index in [0.29, 0.717) is 23.9 Å². The lowest BCUT2D eigenvalue weighted by Crippen LogP contribution is -2.33. The maximum Gasteiger partial charge on any atom is 0.243 e. The summed E-state index contributed by atoms with van der Waals surface area (Å²) in [7, 11) is -1.46. The van der Waals surface area contributed by atoms with Crippen molar-refractivity contribution < 1.29 is 8.42 Å². The van der Waals surface area contributed by atoms with Crippen LogP contribution in [0.25, 0.3) is 0 Å². The quantitative estimate of drug-likeness (QED) is 0.901. The van der Waals surface area contributed by atoms with E-state index in [1.54, 1.807) is 16.4 Å². The summed E-state index contributed by atoms with van der Waals surface area (Å²) in [4.78, 5) is 0.404. The third kappa shape index (κ3) is 3.97. The van der Waals surface area contributed by atoms with Gasteiger partial charge in [0.05, 0.1) is 4.90 Å². The lowest BCUT2D eigenvalue weighted by molar-refractivity contribution is 0.464. The Balaban J connectivity index is 0.00000220. The van der Waals surface area contributed by atoms with Gasteiger partial charge in [-0.15, -0.1) is 12.4 Å². The number of sulfonamides is 1. The van der Waals surface area contributed by atoms with Gasteiger partial charge in [0.2, 0.25) is 10.0 Å². The lowest BCUT2D eigenvalue weighted by Gasteiger charge is -2.17. The number of benzene rings is 1. The van der Waals surface area contributed by atoms with Crippen LogP contribution in [0.5, 0.6) is 0 Å². The number of nitrogens with one attached hydrogen (secondary N) is 1. The predicted molar refractivity (Wildman–Crippen MR) is 88.6 cm³/mol. The first-order valence-electron chi connectivity index (χ1n) is 7.26. The predicted octanol–water partition coefficient (Wildman–Crippen LogP) is 2.60. The minimum atomic E-state index is -3.34. The molecule has 0 saturated carbocycles. The number of hydrogen-bond acceptors (Lipinski definition) is 3. The Kier molecular flexibility index (Phi) is 6.66. The van der Waals surface area contributed by atoms with Crippen LogP contribution in [-0.4, -0.2) is 38.9 Å². The first-order valence-corrected chi connectivity index (χ1v) is 8.70. The van der Waals surface area contributed by atoms with E-state index >= 15 is 0 Å². The average Bonchev–Trinajstić information content (AvgIpc) is 2.96. The van der Waals surface area contributed by atoms with E-state index in [2.05, 4.69) is 19.2 Å². The second-order valence-electron chi connectivity index (χ2n) is 5.52. The number of halogens is 1. The Bertz CT molecular complexity index is 545. The summed E-state index contributed by atoms with van der Waals surface area (Å²) in [6.07, 6.45) is 1.93. The van der Waals surface area contributed by atoms with Crippen molar-refractivity contribution in [2.24, 2.45) is 0 Å². The largest absolute Gasteiger partial charge is 0.316 e. The van der Waals surface area contributed by atoms with E-state index in [9.17, 15) is 8.42 Å². The summed E-state index contributed by atoms with van der Waals surface area (Å²) in [6.45, 7) is 5.45. The summed E-state index contributed by atoms with van der Waals surface area (Å²) in [5.41, 5.74) is 1.20. The van der Waals surface area contributed by atoms with Gasteiger partial charge in [-0.1, -0.05) is 26.0 Å². The van der Waals surface area contributed by atoms with Crippen LogP contribution in [0.3, 0.4) is 0 Å². The smallest absolute Gasteiger partial charge is 0.243 e. The molecule has 1 aromatic carbocycles. The van der Waals surface area contributed by atoms with Gasteiger partial charge in [0.25, 0.3) is 0 Å². The third-order valence-electron chi connectivity index (χ3n) is 4.26. The highest BCUT2D eigenvalue weighted by atomic mass is 35.5. The van der Waals surface area contributed by atoms with Crippen LogP contribution in [0.1, 0.15) is 38.2 Å². The molecule has 1 heterocycles. The molecule has 2 atom stereocenters. The molecule has 0 aliphatic carbocycles. The minimum absolute atomic E-state index is 0. The third-order valence-corrected chi connectivity index (χ3v) is 6.14. The zero-order valence-corrected chi connectivity index (χ0v) is 14.5. The van der Waals surface area contributed by atoms with Crippen molar-refractivity contribution in [3.05, 3.63) is 29.8 Å². The van der Waals surface area contributed by atoms with Gasteiger partial charge in [0.15, 0.2) is 0 Å². The van der Waals surface area contributed by atoms with Crippen molar-refractivity contribution in [2.75, 3.05) is 20.1 Å². The molecule has 1 saturated heterocycles. The summed E-state index contributed by atoms with van der Waals surface area (Å²) in [5, 5.41) is 3.14. The van der Waals surface area contributed by atoms with Crippen molar-refractivity contribution in [3.63, 3.8) is 0 Å². The molecule has 1 aromatic rings. The van der Waals surface area contributed by atoms with Crippen LogP contribution in [0.15, 0.2) is 29.2 Å². The molecule has 1 N–H and O–H groups in total. The van der Waals surface area contributed by atoms with Crippen LogP contribution >= 0.6 is 12.4 Å². The maximum atomic E-state index is 12.5. The fraction of sp³-hybridized carbons (Fsp3) is 0.600. The van der Waals surface area contributed by atoms with Crippen molar-refractivity contribution in [1.82, 2.24) is 9.62 Å². The average molecular weight is 333 g/mol. The van der Waals surface area contributed by atoms with Gasteiger partial charge in [-0.05, 0) is 43.5 Å². The first-order chi connectivity index (χ1) is 9.48. The molecule has 0 radical (unpaired) electrons. The van der Waals surface area contributed by atoms with Gasteiger partial charge >= 0.3 is 0 Å². The van der Waals surface area contributed by atoms with Crippen LogP contribution in [-0.2, 0) is 10.0 Å². The molecule has 1 aliphatic rings. The molecule has 21 heavy (non-hydrogen) atoms. The molecule has 120 valence electrons. The van der Waals surface area contributed by atoms with E-state index in [0.717, 1.165) is 12.8 Å². The summed E-state index contributed by atoms with van der Waals surface area (Å²) < 4.78 is 26.7. The zero-order valence-electron chi connectivity index (χ0n) is 12.9. The van der Waals surface area contributed by atoms with E-state index in [1.165, 1.54) is 5.56 Å². The standard InChI is InChI=1S/C15H24N2O2S.ClH/c1-4-12(2)13-5-7-15(8-6-13)20(18,19)17-10-9-14(11-17)16-3;/h5-8,12,14,16H,4,9-11H2,1-3H3;1H. The highest BCUT2D eigenvalue weighted by Crippen LogP contribution is 2.24. The molecule has 0 amide bonds. The van der Waals surface area contributed by atoms with Crippen LogP contribution < -0.4 is 5.32 Å². The van der Waals surface area contributed by atoms with Gasteiger partial charge in [-0.25, -0.2) is 8.42 Å². The molecule has 6 heteroatoms. The molecule has 0 bridgehead atoms. The summed E-state index contributed by atoms with van der Waals surface area (Å²) in [5.74, 6) is 0.465. The van der Waals surface area contributed by atoms with Gasteiger partial charge in [-0.2, -0.15) is 4.31 Å². The monoisotopic (exact) mass is 332 g/mol. The van der Waals surface area contributed by atoms with Crippen LogP contribution in [0.2, 0.25) is 0 Å². The highest BCUT2D eigenvalue weighted by Gasteiger charge is 2.31. The molecule has 2 unspecified atom stereocenters. The van der Waals surface area contributed by atoms with Gasteiger partial charge < -0.3 is 5.32 Å². The van der Waals surface area contributed by atoms with E-state index in [-0.39, 0.29) is 18.4 Å². The van der Waals surface area contributed by atoms with E-state index in [4.69, 9.17) is 0 Å². The summed E-state index contributed by atoms with van der Waals surface area (Å²) >= 11 is 0. The number of hydrogen-bond donors (Lipinski definition) is 1. The Morgan fingerprint density at radius 3 is 2.43 bits per heavy atom. The molecule has 4 nitrogen and oxygen atoms in total. The normalized spacial score (nSPS) is 21.0. The zero-order chi connectivity index (χ0) is 14.8. The second kappa shape index (κ2) is 7.58. The number of nitrogens with zero attached hydrogens (tertiary/aromatic N) is 1. The molecular weight excluding hydrogens is 308 g/mol. The second-order valence-corrected chi connectivity index (χ2v) is 7.45. The molecule has 2 rings (SSSR count). The van der Waals surface area contributed by atoms with Gasteiger partial charge in [0, 0.05) is 19.1 Å². The van der Waals surface area contributed by atoms with Crippen molar-refractivity contribution in [1.29, 1.82) is 0 Å². The molecule has 0 aromatic heterocycles. The van der Waals surface area contributed by atoms with E-state index in [1.807, 2.05) is 19.2 Å². The molecule has 1 fully saturated rings.